The summed E-state index contributed by atoms with van der Waals surface area (Å²) in [6.45, 7) is 1.50. The van der Waals surface area contributed by atoms with Crippen molar-refractivity contribution in [1.82, 2.24) is 4.98 Å². The molecule has 0 saturated heterocycles. The van der Waals surface area contributed by atoms with Crippen molar-refractivity contribution in [2.24, 2.45) is 0 Å². The fourth-order valence-corrected chi connectivity index (χ4v) is 3.69. The molecule has 3 aromatic carbocycles. The molecule has 33 heavy (non-hydrogen) atoms. The van der Waals surface area contributed by atoms with Crippen molar-refractivity contribution >= 4 is 46.4 Å². The Morgan fingerprint density at radius 1 is 0.939 bits per heavy atom. The first-order chi connectivity index (χ1) is 16.0. The van der Waals surface area contributed by atoms with E-state index < -0.39 is 11.9 Å². The number of carbonyl (C=O) groups is 2. The predicted molar refractivity (Wildman–Crippen MR) is 132 cm³/mol. The molecule has 0 aliphatic rings. The van der Waals surface area contributed by atoms with Crippen LogP contribution in [0.25, 0.3) is 23.1 Å². The van der Waals surface area contributed by atoms with Crippen LogP contribution in [0.2, 0.25) is 5.02 Å². The van der Waals surface area contributed by atoms with Crippen LogP contribution in [0, 0.1) is 0 Å². The van der Waals surface area contributed by atoms with Crippen LogP contribution in [-0.2, 0) is 9.53 Å². The Hall–Kier alpha value is -3.76. The van der Waals surface area contributed by atoms with E-state index in [-0.39, 0.29) is 12.4 Å². The number of ketones is 1. The van der Waals surface area contributed by atoms with E-state index in [2.05, 4.69) is 4.98 Å². The van der Waals surface area contributed by atoms with Gasteiger partial charge in [-0.3, -0.25) is 4.79 Å². The first kappa shape index (κ1) is 22.4. The summed E-state index contributed by atoms with van der Waals surface area (Å²) < 4.78 is 5.43. The SMILES string of the molecule is CC(=O)C(COC(=O)c1ccccc1)c1cccc(C=Cc2ccc3ccc(Cl)cc3n2)c1. The number of hydrogen-bond donors (Lipinski definition) is 0. The van der Waals surface area contributed by atoms with Gasteiger partial charge in [0, 0.05) is 10.4 Å². The molecule has 0 fully saturated rings. The second-order valence-corrected chi connectivity index (χ2v) is 8.14. The highest BCUT2D eigenvalue weighted by molar-refractivity contribution is 6.31. The third-order valence-corrected chi connectivity index (χ3v) is 5.55. The Balaban J connectivity index is 1.50. The molecule has 1 unspecified atom stereocenters. The second-order valence-electron chi connectivity index (χ2n) is 7.70. The van der Waals surface area contributed by atoms with Crippen LogP contribution in [0.1, 0.15) is 40.0 Å². The Morgan fingerprint density at radius 2 is 1.73 bits per heavy atom. The molecule has 0 spiro atoms. The molecule has 0 bridgehead atoms. The van der Waals surface area contributed by atoms with Gasteiger partial charge in [-0.15, -0.1) is 0 Å². The molecule has 0 amide bonds. The molecule has 0 radical (unpaired) electrons. The van der Waals surface area contributed by atoms with E-state index in [0.717, 1.165) is 27.7 Å². The summed E-state index contributed by atoms with van der Waals surface area (Å²) in [5.74, 6) is -1.04. The van der Waals surface area contributed by atoms with Crippen LogP contribution in [0.4, 0.5) is 0 Å². The average molecular weight is 456 g/mol. The van der Waals surface area contributed by atoms with E-state index >= 15 is 0 Å². The minimum Gasteiger partial charge on any atom is -0.461 e. The van der Waals surface area contributed by atoms with Crippen LogP contribution in [0.3, 0.4) is 0 Å². The summed E-state index contributed by atoms with van der Waals surface area (Å²) in [7, 11) is 0. The van der Waals surface area contributed by atoms with Crippen molar-refractivity contribution in [3.8, 4) is 0 Å². The smallest absolute Gasteiger partial charge is 0.338 e. The van der Waals surface area contributed by atoms with Crippen LogP contribution < -0.4 is 0 Å². The van der Waals surface area contributed by atoms with E-state index in [0.29, 0.717) is 10.6 Å². The highest BCUT2D eigenvalue weighted by atomic mass is 35.5. The third kappa shape index (κ3) is 5.73. The second kappa shape index (κ2) is 10.2. The first-order valence-corrected chi connectivity index (χ1v) is 10.9. The predicted octanol–water partition coefficient (Wildman–Crippen LogP) is 6.59. The number of nitrogens with zero attached hydrogens (tertiary/aromatic N) is 1. The monoisotopic (exact) mass is 455 g/mol. The number of aromatic nitrogens is 1. The van der Waals surface area contributed by atoms with E-state index in [1.807, 2.05) is 72.8 Å². The standard InChI is InChI=1S/C28H22ClNO3/c1-19(31)26(18-33-28(32)22-7-3-2-4-8-22)23-9-5-6-20(16-23)10-14-25-15-12-21-11-13-24(29)17-27(21)30-25/h2-17,26H,18H2,1H3. The maximum atomic E-state index is 12.3. The zero-order valence-electron chi connectivity index (χ0n) is 18.1. The Labute approximate surface area is 197 Å². The van der Waals surface area contributed by atoms with Gasteiger partial charge in [0.05, 0.1) is 22.7 Å². The molecule has 1 heterocycles. The quantitative estimate of drug-likeness (QED) is 0.295. The van der Waals surface area contributed by atoms with Crippen molar-refractivity contribution in [3.05, 3.63) is 112 Å². The number of esters is 1. The van der Waals surface area contributed by atoms with Crippen LogP contribution >= 0.6 is 11.6 Å². The lowest BCUT2D eigenvalue weighted by molar-refractivity contribution is -0.119. The van der Waals surface area contributed by atoms with Gasteiger partial charge >= 0.3 is 5.97 Å². The fraction of sp³-hybridized carbons (Fsp3) is 0.107. The van der Waals surface area contributed by atoms with Crippen LogP contribution in [-0.4, -0.2) is 23.3 Å². The topological polar surface area (TPSA) is 56.3 Å². The van der Waals surface area contributed by atoms with Crippen molar-refractivity contribution in [3.63, 3.8) is 0 Å². The van der Waals surface area contributed by atoms with Crippen LogP contribution in [0.5, 0.6) is 0 Å². The van der Waals surface area contributed by atoms with E-state index in [4.69, 9.17) is 16.3 Å². The largest absolute Gasteiger partial charge is 0.461 e. The summed E-state index contributed by atoms with van der Waals surface area (Å²) >= 11 is 6.08. The van der Waals surface area contributed by atoms with Crippen molar-refractivity contribution in [2.45, 2.75) is 12.8 Å². The molecule has 5 heteroatoms. The lowest BCUT2D eigenvalue weighted by atomic mass is 9.94. The Kier molecular flexibility index (Phi) is 6.96. The molecule has 1 atom stereocenters. The summed E-state index contributed by atoms with van der Waals surface area (Å²) in [5.41, 5.74) is 3.80. The molecular weight excluding hydrogens is 434 g/mol. The zero-order valence-corrected chi connectivity index (χ0v) is 18.8. The van der Waals surface area contributed by atoms with E-state index in [1.54, 1.807) is 24.3 Å². The number of hydrogen-bond acceptors (Lipinski definition) is 4. The van der Waals surface area contributed by atoms with Gasteiger partial charge in [-0.05, 0) is 54.5 Å². The number of benzene rings is 3. The minimum atomic E-state index is -0.535. The lowest BCUT2D eigenvalue weighted by Gasteiger charge is -2.15. The van der Waals surface area contributed by atoms with Gasteiger partial charge in [0.1, 0.15) is 12.4 Å². The van der Waals surface area contributed by atoms with Gasteiger partial charge in [-0.2, -0.15) is 0 Å². The van der Waals surface area contributed by atoms with Crippen LogP contribution in [0.15, 0.2) is 84.9 Å². The molecular formula is C28H22ClNO3. The Bertz CT molecular complexity index is 1330. The van der Waals surface area contributed by atoms with Crippen molar-refractivity contribution in [1.29, 1.82) is 0 Å². The molecule has 164 valence electrons. The normalized spacial score (nSPS) is 12.1. The Morgan fingerprint density at radius 3 is 2.52 bits per heavy atom. The fourth-order valence-electron chi connectivity index (χ4n) is 3.52. The summed E-state index contributed by atoms with van der Waals surface area (Å²) in [6, 6.07) is 25.9. The minimum absolute atomic E-state index is 0.0107. The summed E-state index contributed by atoms with van der Waals surface area (Å²) in [5, 5.41) is 1.67. The molecule has 4 aromatic rings. The first-order valence-electron chi connectivity index (χ1n) is 10.6. The maximum absolute atomic E-state index is 12.3. The third-order valence-electron chi connectivity index (χ3n) is 5.32. The van der Waals surface area contributed by atoms with Gasteiger partial charge in [-0.25, -0.2) is 9.78 Å². The molecule has 0 N–H and O–H groups in total. The number of Topliss-reactive ketones (excluding diaryl/α,β-unsaturated/α-hetero) is 1. The number of pyridine rings is 1. The highest BCUT2D eigenvalue weighted by Gasteiger charge is 2.20. The van der Waals surface area contributed by atoms with Gasteiger partial charge in [-0.1, -0.05) is 72.3 Å². The summed E-state index contributed by atoms with van der Waals surface area (Å²) in [4.78, 5) is 29.2. The average Bonchev–Trinajstić information content (AvgIpc) is 2.83. The molecule has 0 saturated carbocycles. The van der Waals surface area contributed by atoms with Gasteiger partial charge in [0.25, 0.3) is 0 Å². The molecule has 4 nitrogen and oxygen atoms in total. The highest BCUT2D eigenvalue weighted by Crippen LogP contribution is 2.22. The molecule has 1 aromatic heterocycles. The van der Waals surface area contributed by atoms with Crippen molar-refractivity contribution in [2.75, 3.05) is 6.61 Å². The number of halogens is 1. The van der Waals surface area contributed by atoms with E-state index in [9.17, 15) is 9.59 Å². The van der Waals surface area contributed by atoms with E-state index in [1.165, 1.54) is 6.92 Å². The number of fused-ring (bicyclic) bond motifs is 1. The molecule has 0 aliphatic heterocycles. The zero-order chi connectivity index (χ0) is 23.2. The van der Waals surface area contributed by atoms with Gasteiger partial charge in [0.15, 0.2) is 0 Å². The summed E-state index contributed by atoms with van der Waals surface area (Å²) in [6.07, 6.45) is 3.85. The molecule has 4 rings (SSSR count). The van der Waals surface area contributed by atoms with Crippen molar-refractivity contribution < 1.29 is 14.3 Å². The number of carbonyl (C=O) groups excluding carboxylic acids is 2. The maximum Gasteiger partial charge on any atom is 0.338 e. The van der Waals surface area contributed by atoms with Gasteiger partial charge < -0.3 is 4.74 Å². The number of ether oxygens (including phenoxy) is 1. The van der Waals surface area contributed by atoms with Gasteiger partial charge in [0.2, 0.25) is 0 Å². The lowest BCUT2D eigenvalue weighted by Crippen LogP contribution is -2.18. The molecule has 0 aliphatic carbocycles. The number of rotatable bonds is 7.